The average Bonchev–Trinajstić information content (AvgIpc) is 2.19. The molecule has 1 heterocycles. The number of hydrogen-bond acceptors (Lipinski definition) is 4. The smallest absolute Gasteiger partial charge is 0.236 e. The second kappa shape index (κ2) is 4.18. The molecule has 0 aromatic rings. The normalized spacial score (nSPS) is 33.1. The van der Waals surface area contributed by atoms with Crippen LogP contribution in [0.2, 0.25) is 0 Å². The highest BCUT2D eigenvalue weighted by Crippen LogP contribution is 2.28. The third kappa shape index (κ3) is 2.15. The highest BCUT2D eigenvalue weighted by Gasteiger charge is 2.36. The maximum Gasteiger partial charge on any atom is 0.236 e. The number of nitrogens with zero attached hydrogens (tertiary/aromatic N) is 2. The molecule has 13 heavy (non-hydrogen) atoms. The van der Waals surface area contributed by atoms with Gasteiger partial charge in [0, 0.05) is 12.8 Å². The zero-order valence-electron chi connectivity index (χ0n) is 7.62. The van der Waals surface area contributed by atoms with Crippen LogP contribution < -0.4 is 0 Å². The Labute approximate surface area is 77.2 Å². The molecule has 1 fully saturated rings. The lowest BCUT2D eigenvalue weighted by Crippen LogP contribution is -2.37. The van der Waals surface area contributed by atoms with E-state index in [0.29, 0.717) is 19.4 Å². The van der Waals surface area contributed by atoms with Crippen LogP contribution in [0.5, 0.6) is 0 Å². The summed E-state index contributed by atoms with van der Waals surface area (Å²) in [6.07, 6.45) is 3.37. The van der Waals surface area contributed by atoms with Crippen molar-refractivity contribution in [2.75, 3.05) is 6.61 Å². The summed E-state index contributed by atoms with van der Waals surface area (Å²) in [5.41, 5.74) is -0.874. The lowest BCUT2D eigenvalue weighted by atomic mass is 9.88. The zero-order chi connectivity index (χ0) is 9.73. The Hall–Kier alpha value is -1.17. The Kier molecular flexibility index (Phi) is 3.18. The number of isocyanates is 1. The van der Waals surface area contributed by atoms with Crippen molar-refractivity contribution in [1.82, 2.24) is 0 Å². The van der Waals surface area contributed by atoms with Crippen LogP contribution in [0.4, 0.5) is 0 Å². The van der Waals surface area contributed by atoms with E-state index < -0.39 is 5.54 Å². The van der Waals surface area contributed by atoms with Gasteiger partial charge in [-0.15, -0.1) is 0 Å². The van der Waals surface area contributed by atoms with Gasteiger partial charge in [0.25, 0.3) is 0 Å². The van der Waals surface area contributed by atoms with Crippen LogP contribution in [0, 0.1) is 11.3 Å². The van der Waals surface area contributed by atoms with Crippen molar-refractivity contribution in [2.45, 2.75) is 37.8 Å². The molecule has 0 aromatic carbocycles. The van der Waals surface area contributed by atoms with Crippen molar-refractivity contribution < 1.29 is 9.53 Å². The molecular weight excluding hydrogens is 168 g/mol. The molecule has 0 amide bonds. The lowest BCUT2D eigenvalue weighted by Gasteiger charge is -2.31. The molecule has 1 saturated heterocycles. The predicted octanol–water partition coefficient (Wildman–Crippen LogP) is 1.17. The molecule has 0 bridgehead atoms. The summed E-state index contributed by atoms with van der Waals surface area (Å²) in [7, 11) is 0. The largest absolute Gasteiger partial charge is 0.378 e. The minimum Gasteiger partial charge on any atom is -0.378 e. The van der Waals surface area contributed by atoms with Gasteiger partial charge < -0.3 is 4.74 Å². The van der Waals surface area contributed by atoms with Crippen LogP contribution in [0.25, 0.3) is 0 Å². The summed E-state index contributed by atoms with van der Waals surface area (Å²) < 4.78 is 5.39. The van der Waals surface area contributed by atoms with E-state index >= 15 is 0 Å². The van der Waals surface area contributed by atoms with Crippen LogP contribution >= 0.6 is 0 Å². The fraction of sp³-hybridized carbons (Fsp3) is 0.778. The topological polar surface area (TPSA) is 62.5 Å². The Bertz CT molecular complexity index is 265. The van der Waals surface area contributed by atoms with Gasteiger partial charge in [0.15, 0.2) is 5.54 Å². The van der Waals surface area contributed by atoms with Gasteiger partial charge in [-0.05, 0) is 6.42 Å². The number of aliphatic imine (C=N–C) groups is 1. The molecule has 0 spiro atoms. The monoisotopic (exact) mass is 180 g/mol. The van der Waals surface area contributed by atoms with E-state index in [4.69, 9.17) is 10.00 Å². The van der Waals surface area contributed by atoms with Crippen molar-refractivity contribution >= 4 is 6.08 Å². The third-order valence-electron chi connectivity index (χ3n) is 2.36. The maximum atomic E-state index is 10.1. The fourth-order valence-corrected chi connectivity index (χ4v) is 1.51. The first-order chi connectivity index (χ1) is 6.26. The highest BCUT2D eigenvalue weighted by molar-refractivity contribution is 5.37. The van der Waals surface area contributed by atoms with Crippen molar-refractivity contribution in [2.24, 2.45) is 4.99 Å². The van der Waals surface area contributed by atoms with Crippen LogP contribution in [-0.4, -0.2) is 24.3 Å². The maximum absolute atomic E-state index is 10.1. The number of ether oxygens (including phenoxy) is 1. The summed E-state index contributed by atoms with van der Waals surface area (Å²) >= 11 is 0. The first-order valence-corrected chi connectivity index (χ1v) is 4.38. The van der Waals surface area contributed by atoms with Crippen LogP contribution in [0.15, 0.2) is 4.99 Å². The second-order valence-corrected chi connectivity index (χ2v) is 3.20. The van der Waals surface area contributed by atoms with Crippen LogP contribution in [-0.2, 0) is 9.53 Å². The molecule has 2 unspecified atom stereocenters. The minimum absolute atomic E-state index is 0.0468. The van der Waals surface area contributed by atoms with Crippen molar-refractivity contribution in [1.29, 1.82) is 5.26 Å². The van der Waals surface area contributed by atoms with E-state index in [2.05, 4.69) is 11.1 Å². The molecule has 1 rings (SSSR count). The van der Waals surface area contributed by atoms with Crippen LogP contribution in [0.3, 0.4) is 0 Å². The summed E-state index contributed by atoms with van der Waals surface area (Å²) in [6, 6.07) is 2.07. The van der Waals surface area contributed by atoms with E-state index in [1.54, 1.807) is 0 Å². The van der Waals surface area contributed by atoms with Gasteiger partial charge in [0.2, 0.25) is 6.08 Å². The first-order valence-electron chi connectivity index (χ1n) is 4.38. The van der Waals surface area contributed by atoms with Gasteiger partial charge in [0.1, 0.15) is 0 Å². The Balaban J connectivity index is 2.76. The van der Waals surface area contributed by atoms with Crippen molar-refractivity contribution in [3.05, 3.63) is 0 Å². The van der Waals surface area contributed by atoms with E-state index in [-0.39, 0.29) is 6.10 Å². The van der Waals surface area contributed by atoms with Gasteiger partial charge >= 0.3 is 0 Å². The van der Waals surface area contributed by atoms with Gasteiger partial charge in [-0.3, -0.25) is 0 Å². The second-order valence-electron chi connectivity index (χ2n) is 3.20. The molecule has 1 aliphatic rings. The Morgan fingerprint density at radius 2 is 2.54 bits per heavy atom. The summed E-state index contributed by atoms with van der Waals surface area (Å²) in [5.74, 6) is 0. The molecule has 1 aliphatic heterocycles. The molecule has 0 saturated carbocycles. The standard InChI is InChI=1S/C9H12N2O2/c1-2-8-5-9(6-10,11-7-12)3-4-13-8/h8H,2-5H2,1H3. The van der Waals surface area contributed by atoms with Crippen molar-refractivity contribution in [3.8, 4) is 6.07 Å². The zero-order valence-corrected chi connectivity index (χ0v) is 7.62. The first kappa shape index (κ1) is 9.91. The quantitative estimate of drug-likeness (QED) is 0.473. The third-order valence-corrected chi connectivity index (χ3v) is 2.36. The van der Waals surface area contributed by atoms with Gasteiger partial charge in [-0.25, -0.2) is 4.79 Å². The Morgan fingerprint density at radius 3 is 3.08 bits per heavy atom. The average molecular weight is 180 g/mol. The SMILES string of the molecule is CCC1CC(C#N)(N=C=O)CCO1. The van der Waals surface area contributed by atoms with Crippen molar-refractivity contribution in [3.63, 3.8) is 0 Å². The molecule has 0 N–H and O–H groups in total. The molecule has 0 radical (unpaired) electrons. The lowest BCUT2D eigenvalue weighted by molar-refractivity contribution is -0.00666. The van der Waals surface area contributed by atoms with E-state index in [1.165, 1.54) is 6.08 Å². The van der Waals surface area contributed by atoms with Crippen LogP contribution in [0.1, 0.15) is 26.2 Å². The number of hydrogen-bond donors (Lipinski definition) is 0. The number of carbonyl (C=O) groups excluding carboxylic acids is 1. The number of nitriles is 1. The molecular formula is C9H12N2O2. The highest BCUT2D eigenvalue weighted by atomic mass is 16.5. The molecule has 0 aliphatic carbocycles. The predicted molar refractivity (Wildman–Crippen MR) is 45.7 cm³/mol. The number of rotatable bonds is 2. The minimum atomic E-state index is -0.874. The molecule has 0 aromatic heterocycles. The summed E-state index contributed by atoms with van der Waals surface area (Å²) in [6.45, 7) is 2.49. The Morgan fingerprint density at radius 1 is 1.77 bits per heavy atom. The van der Waals surface area contributed by atoms with E-state index in [1.807, 2.05) is 6.92 Å². The van der Waals surface area contributed by atoms with E-state index in [9.17, 15) is 4.79 Å². The molecule has 70 valence electrons. The molecule has 2 atom stereocenters. The molecule has 4 nitrogen and oxygen atoms in total. The van der Waals surface area contributed by atoms with E-state index in [0.717, 1.165) is 6.42 Å². The fourth-order valence-electron chi connectivity index (χ4n) is 1.51. The van der Waals surface area contributed by atoms with Gasteiger partial charge in [-0.1, -0.05) is 6.92 Å². The summed E-state index contributed by atoms with van der Waals surface area (Å²) in [5, 5.41) is 8.91. The van der Waals surface area contributed by atoms with Gasteiger partial charge in [-0.2, -0.15) is 10.3 Å². The molecule has 4 heteroatoms. The van der Waals surface area contributed by atoms with Gasteiger partial charge in [0.05, 0.1) is 18.8 Å². The summed E-state index contributed by atoms with van der Waals surface area (Å²) in [4.78, 5) is 13.7.